The van der Waals surface area contributed by atoms with E-state index in [2.05, 4.69) is 26.8 Å². The molecule has 1 fully saturated rings. The van der Waals surface area contributed by atoms with E-state index in [9.17, 15) is 9.59 Å². The van der Waals surface area contributed by atoms with E-state index in [1.165, 1.54) is 5.57 Å². The number of hydrogen-bond donors (Lipinski definition) is 0. The zero-order valence-corrected chi connectivity index (χ0v) is 15.3. The zero-order chi connectivity index (χ0) is 17.4. The number of Topliss-reactive ketones (excluding diaryl/α,β-unsaturated/α-hetero) is 2. The molecule has 1 heterocycles. The Kier molecular flexibility index (Phi) is 4.80. The molecule has 2 aliphatic carbocycles. The third-order valence-electron chi connectivity index (χ3n) is 5.78. The molecule has 3 aliphatic rings. The highest BCUT2D eigenvalue weighted by molar-refractivity contribution is 6.50. The van der Waals surface area contributed by atoms with Gasteiger partial charge in [-0.05, 0) is 64.7 Å². The maximum atomic E-state index is 12.5. The van der Waals surface area contributed by atoms with Crippen LogP contribution in [0, 0.1) is 17.8 Å². The second kappa shape index (κ2) is 6.70. The van der Waals surface area contributed by atoms with Crippen LogP contribution in [0.3, 0.4) is 0 Å². The van der Waals surface area contributed by atoms with Crippen LogP contribution >= 0.6 is 0 Å². The molecule has 0 amide bonds. The molecule has 0 unspecified atom stereocenters. The van der Waals surface area contributed by atoms with Gasteiger partial charge in [-0.15, -0.1) is 0 Å². The zero-order valence-electron chi connectivity index (χ0n) is 15.3. The fourth-order valence-corrected chi connectivity index (χ4v) is 4.44. The standard InChI is InChI=1S/C21H28O3/c1-12(2)7-5-6-8-15-11-24-21-14(4)19(22)20(23)17-13(3)9-10-16(15)18(17)21/h7,13,15-16H,5-6,8-11H2,1-4H3/t13-,15-,16+/m1/s1. The third-order valence-corrected chi connectivity index (χ3v) is 5.78. The minimum absolute atomic E-state index is 0.170. The Morgan fingerprint density at radius 3 is 2.62 bits per heavy atom. The molecule has 3 nitrogen and oxygen atoms in total. The van der Waals surface area contributed by atoms with Crippen molar-refractivity contribution in [3.05, 3.63) is 34.1 Å². The third kappa shape index (κ3) is 2.89. The summed E-state index contributed by atoms with van der Waals surface area (Å²) in [5, 5.41) is 0. The van der Waals surface area contributed by atoms with Crippen molar-refractivity contribution in [1.29, 1.82) is 0 Å². The Morgan fingerprint density at radius 1 is 1.17 bits per heavy atom. The molecule has 1 saturated heterocycles. The van der Waals surface area contributed by atoms with Gasteiger partial charge in [-0.2, -0.15) is 0 Å². The van der Waals surface area contributed by atoms with Crippen LogP contribution in [0.4, 0.5) is 0 Å². The molecule has 1 aliphatic heterocycles. The van der Waals surface area contributed by atoms with Crippen molar-refractivity contribution in [2.45, 2.75) is 59.8 Å². The molecule has 0 aromatic carbocycles. The van der Waals surface area contributed by atoms with Crippen molar-refractivity contribution in [3.63, 3.8) is 0 Å². The van der Waals surface area contributed by atoms with Crippen LogP contribution in [-0.2, 0) is 14.3 Å². The molecule has 0 saturated carbocycles. The van der Waals surface area contributed by atoms with Gasteiger partial charge in [-0.1, -0.05) is 18.6 Å². The summed E-state index contributed by atoms with van der Waals surface area (Å²) < 4.78 is 6.02. The highest BCUT2D eigenvalue weighted by Gasteiger charge is 2.46. The van der Waals surface area contributed by atoms with E-state index in [-0.39, 0.29) is 17.5 Å². The van der Waals surface area contributed by atoms with Crippen LogP contribution in [0.15, 0.2) is 34.1 Å². The fourth-order valence-electron chi connectivity index (χ4n) is 4.44. The maximum Gasteiger partial charge on any atom is 0.232 e. The first-order valence-corrected chi connectivity index (χ1v) is 9.22. The van der Waals surface area contributed by atoms with E-state index in [1.54, 1.807) is 6.92 Å². The number of allylic oxidation sites excluding steroid dienone is 5. The molecule has 0 aromatic rings. The molecule has 3 rings (SSSR count). The van der Waals surface area contributed by atoms with E-state index in [0.29, 0.717) is 24.0 Å². The van der Waals surface area contributed by atoms with Gasteiger partial charge in [-0.25, -0.2) is 0 Å². The van der Waals surface area contributed by atoms with Crippen molar-refractivity contribution in [3.8, 4) is 0 Å². The number of ketones is 2. The van der Waals surface area contributed by atoms with Crippen LogP contribution < -0.4 is 0 Å². The summed E-state index contributed by atoms with van der Waals surface area (Å²) in [5.41, 5.74) is 3.71. The van der Waals surface area contributed by atoms with Gasteiger partial charge < -0.3 is 4.74 Å². The largest absolute Gasteiger partial charge is 0.493 e. The van der Waals surface area contributed by atoms with Gasteiger partial charge in [0.15, 0.2) is 0 Å². The van der Waals surface area contributed by atoms with E-state index in [4.69, 9.17) is 4.74 Å². The number of hydrogen-bond acceptors (Lipinski definition) is 3. The number of rotatable bonds is 4. The lowest BCUT2D eigenvalue weighted by molar-refractivity contribution is -0.133. The number of ether oxygens (including phenoxy) is 1. The lowest BCUT2D eigenvalue weighted by Crippen LogP contribution is -2.40. The van der Waals surface area contributed by atoms with E-state index >= 15 is 0 Å². The first-order chi connectivity index (χ1) is 11.4. The van der Waals surface area contributed by atoms with Crippen molar-refractivity contribution in [2.75, 3.05) is 6.61 Å². The quantitative estimate of drug-likeness (QED) is 0.329. The molecular formula is C21H28O3. The molecule has 130 valence electrons. The number of carbonyl (C=O) groups is 2. The second-order valence-electron chi connectivity index (χ2n) is 7.81. The highest BCUT2D eigenvalue weighted by atomic mass is 16.5. The van der Waals surface area contributed by atoms with Crippen molar-refractivity contribution in [1.82, 2.24) is 0 Å². The predicted molar refractivity (Wildman–Crippen MR) is 94.4 cm³/mol. The maximum absolute atomic E-state index is 12.5. The minimum Gasteiger partial charge on any atom is -0.493 e. The molecule has 0 bridgehead atoms. The van der Waals surface area contributed by atoms with E-state index < -0.39 is 0 Å². The molecule has 3 heteroatoms. The summed E-state index contributed by atoms with van der Waals surface area (Å²) in [6.45, 7) is 8.76. The topological polar surface area (TPSA) is 43.4 Å². The van der Waals surface area contributed by atoms with Gasteiger partial charge in [0.25, 0.3) is 0 Å². The van der Waals surface area contributed by atoms with Gasteiger partial charge in [0.05, 0.1) is 6.61 Å². The number of unbranched alkanes of at least 4 members (excludes halogenated alkanes) is 1. The fraction of sp³-hybridized carbons (Fsp3) is 0.619. The average Bonchev–Trinajstić information content (AvgIpc) is 2.55. The second-order valence-corrected chi connectivity index (χ2v) is 7.81. The molecule has 0 radical (unpaired) electrons. The van der Waals surface area contributed by atoms with Gasteiger partial charge in [-0.3, -0.25) is 9.59 Å². The van der Waals surface area contributed by atoms with Gasteiger partial charge in [0.2, 0.25) is 11.6 Å². The van der Waals surface area contributed by atoms with Crippen LogP contribution in [0.1, 0.15) is 59.8 Å². The monoisotopic (exact) mass is 328 g/mol. The summed E-state index contributed by atoms with van der Waals surface area (Å²) in [5.74, 6) is 1.11. The summed E-state index contributed by atoms with van der Waals surface area (Å²) >= 11 is 0. The molecule has 24 heavy (non-hydrogen) atoms. The highest BCUT2D eigenvalue weighted by Crippen LogP contribution is 2.49. The van der Waals surface area contributed by atoms with Crippen LogP contribution in [0.2, 0.25) is 0 Å². The normalized spacial score (nSPS) is 29.4. The number of carbonyl (C=O) groups excluding carboxylic acids is 2. The summed E-state index contributed by atoms with van der Waals surface area (Å²) in [4.78, 5) is 24.8. The Labute approximate surface area is 144 Å². The Hall–Kier alpha value is -1.64. The molecule has 3 atom stereocenters. The minimum atomic E-state index is -0.363. The average molecular weight is 328 g/mol. The van der Waals surface area contributed by atoms with E-state index in [0.717, 1.165) is 49.0 Å². The van der Waals surface area contributed by atoms with Crippen LogP contribution in [0.25, 0.3) is 0 Å². The first kappa shape index (κ1) is 17.2. The lowest BCUT2D eigenvalue weighted by atomic mass is 9.65. The van der Waals surface area contributed by atoms with Gasteiger partial charge >= 0.3 is 0 Å². The Bertz CT molecular complexity index is 659. The molecular weight excluding hydrogens is 300 g/mol. The van der Waals surface area contributed by atoms with Crippen LogP contribution in [0.5, 0.6) is 0 Å². The van der Waals surface area contributed by atoms with Gasteiger partial charge in [0, 0.05) is 22.6 Å². The van der Waals surface area contributed by atoms with Crippen LogP contribution in [-0.4, -0.2) is 18.2 Å². The smallest absolute Gasteiger partial charge is 0.232 e. The SMILES string of the molecule is CC(C)=CCCC[C@@H]1COC2=C(C)C(=O)C(=O)C3=C2[C@H]1CC[C@H]3C. The van der Waals surface area contributed by atoms with Gasteiger partial charge in [0.1, 0.15) is 5.76 Å². The van der Waals surface area contributed by atoms with Crippen molar-refractivity contribution < 1.29 is 14.3 Å². The predicted octanol–water partition coefficient (Wildman–Crippen LogP) is 4.54. The summed E-state index contributed by atoms with van der Waals surface area (Å²) in [6.07, 6.45) is 7.77. The summed E-state index contributed by atoms with van der Waals surface area (Å²) in [6, 6.07) is 0. The summed E-state index contributed by atoms with van der Waals surface area (Å²) in [7, 11) is 0. The Balaban J connectivity index is 1.86. The molecule has 0 spiro atoms. The van der Waals surface area contributed by atoms with Crippen molar-refractivity contribution >= 4 is 11.6 Å². The first-order valence-electron chi connectivity index (χ1n) is 9.22. The lowest BCUT2D eigenvalue weighted by Gasteiger charge is -2.43. The van der Waals surface area contributed by atoms with Crippen molar-refractivity contribution in [2.24, 2.45) is 17.8 Å². The molecule has 0 N–H and O–H groups in total. The van der Waals surface area contributed by atoms with E-state index in [1.807, 2.05) is 0 Å². The Morgan fingerprint density at radius 2 is 1.92 bits per heavy atom. The molecule has 0 aromatic heterocycles.